The van der Waals surface area contributed by atoms with Crippen LogP contribution in [0.5, 0.6) is 5.75 Å². The second-order valence-electron chi connectivity index (χ2n) is 8.74. The number of amides is 1. The number of nitrogens with two attached hydrogens (primary N) is 1. The lowest BCUT2D eigenvalue weighted by atomic mass is 10.1. The highest BCUT2D eigenvalue weighted by Gasteiger charge is 2.24. The first-order valence-electron chi connectivity index (χ1n) is 11.6. The first kappa shape index (κ1) is 22.4. The molecular weight excluding hydrogens is 440 g/mol. The van der Waals surface area contributed by atoms with Crippen molar-refractivity contribution in [2.24, 2.45) is 0 Å². The van der Waals surface area contributed by atoms with Crippen molar-refractivity contribution in [3.8, 4) is 11.4 Å². The Hall–Kier alpha value is -4.39. The molecule has 1 aliphatic carbocycles. The summed E-state index contributed by atoms with van der Waals surface area (Å²) in [7, 11) is 0. The van der Waals surface area contributed by atoms with Crippen molar-refractivity contribution in [3.63, 3.8) is 0 Å². The Bertz CT molecular complexity index is 1390. The standard InChI is InChI=1S/C28H26N4O3/c1-18-10-11-21(28(34)31-22-12-13-22)15-25(18)32-27(29)24(16-30-32)26(33)20-8-5-9-23(14-20)35-17-19-6-3-2-4-7-19/h2-11,14-16,22H,12-13,17,29H2,1H3,(H,31,34). The first-order valence-corrected chi connectivity index (χ1v) is 11.6. The molecule has 1 aromatic heterocycles. The lowest BCUT2D eigenvalue weighted by Gasteiger charge is -2.11. The van der Waals surface area contributed by atoms with Crippen molar-refractivity contribution in [1.29, 1.82) is 0 Å². The third-order valence-corrected chi connectivity index (χ3v) is 6.01. The number of aromatic nitrogens is 2. The van der Waals surface area contributed by atoms with Gasteiger partial charge in [-0.3, -0.25) is 9.59 Å². The molecule has 1 fully saturated rings. The highest BCUT2D eigenvalue weighted by Crippen LogP contribution is 2.25. The number of aryl methyl sites for hydroxylation is 1. The summed E-state index contributed by atoms with van der Waals surface area (Å²) in [4.78, 5) is 25.8. The largest absolute Gasteiger partial charge is 0.489 e. The van der Waals surface area contributed by atoms with Crippen molar-refractivity contribution in [2.45, 2.75) is 32.4 Å². The molecule has 0 aliphatic heterocycles. The average Bonchev–Trinajstić information content (AvgIpc) is 3.62. The number of carbonyl (C=O) groups is 2. The summed E-state index contributed by atoms with van der Waals surface area (Å²) < 4.78 is 7.37. The van der Waals surface area contributed by atoms with Gasteiger partial charge in [0.1, 0.15) is 18.2 Å². The van der Waals surface area contributed by atoms with Gasteiger partial charge in [0.05, 0.1) is 17.4 Å². The maximum absolute atomic E-state index is 13.3. The number of carbonyl (C=O) groups excluding carboxylic acids is 2. The number of hydrogen-bond acceptors (Lipinski definition) is 5. The molecule has 35 heavy (non-hydrogen) atoms. The number of benzene rings is 3. The van der Waals surface area contributed by atoms with Crippen LogP contribution >= 0.6 is 0 Å². The van der Waals surface area contributed by atoms with Gasteiger partial charge in [-0.25, -0.2) is 4.68 Å². The van der Waals surface area contributed by atoms with Gasteiger partial charge < -0.3 is 15.8 Å². The minimum absolute atomic E-state index is 0.122. The third kappa shape index (κ3) is 4.94. The van der Waals surface area contributed by atoms with E-state index in [1.54, 1.807) is 30.3 Å². The van der Waals surface area contributed by atoms with E-state index in [1.165, 1.54) is 10.9 Å². The molecule has 176 valence electrons. The number of ether oxygens (including phenoxy) is 1. The summed E-state index contributed by atoms with van der Waals surface area (Å²) in [6, 6.07) is 22.5. The molecule has 1 amide bonds. The molecule has 1 heterocycles. The Labute approximate surface area is 203 Å². The molecule has 7 nitrogen and oxygen atoms in total. The van der Waals surface area contributed by atoms with Crippen molar-refractivity contribution >= 4 is 17.5 Å². The van der Waals surface area contributed by atoms with Crippen molar-refractivity contribution in [3.05, 3.63) is 107 Å². The van der Waals surface area contributed by atoms with Crippen LogP contribution in [0.15, 0.2) is 79.0 Å². The summed E-state index contributed by atoms with van der Waals surface area (Å²) in [5, 5.41) is 7.36. The second-order valence-corrected chi connectivity index (χ2v) is 8.74. The van der Waals surface area contributed by atoms with Gasteiger partial charge in [-0.05, 0) is 55.2 Å². The van der Waals surface area contributed by atoms with E-state index in [0.29, 0.717) is 29.2 Å². The quantitative estimate of drug-likeness (QED) is 0.374. The van der Waals surface area contributed by atoms with Crippen LogP contribution in [0.2, 0.25) is 0 Å². The Morgan fingerprint density at radius 2 is 1.83 bits per heavy atom. The van der Waals surface area contributed by atoms with Crippen LogP contribution in [0, 0.1) is 6.92 Å². The van der Waals surface area contributed by atoms with Gasteiger partial charge in [0.25, 0.3) is 5.91 Å². The van der Waals surface area contributed by atoms with Crippen LogP contribution in [0.4, 0.5) is 5.82 Å². The second kappa shape index (κ2) is 9.46. The fourth-order valence-corrected chi connectivity index (χ4v) is 3.82. The van der Waals surface area contributed by atoms with Gasteiger partial charge in [-0.1, -0.05) is 48.5 Å². The van der Waals surface area contributed by atoms with Crippen molar-refractivity contribution in [1.82, 2.24) is 15.1 Å². The number of anilines is 1. The number of ketones is 1. The minimum Gasteiger partial charge on any atom is -0.489 e. The van der Waals surface area contributed by atoms with Crippen LogP contribution < -0.4 is 15.8 Å². The summed E-state index contributed by atoms with van der Waals surface area (Å²) >= 11 is 0. The molecule has 1 saturated carbocycles. The van der Waals surface area contributed by atoms with E-state index < -0.39 is 0 Å². The summed E-state index contributed by atoms with van der Waals surface area (Å²) in [5.41, 5.74) is 10.2. The number of nitrogens with zero attached hydrogens (tertiary/aromatic N) is 2. The summed E-state index contributed by atoms with van der Waals surface area (Å²) in [5.74, 6) is 0.437. The highest BCUT2D eigenvalue weighted by molar-refractivity contribution is 6.11. The molecule has 5 rings (SSSR count). The average molecular weight is 467 g/mol. The number of hydrogen-bond donors (Lipinski definition) is 2. The molecule has 0 radical (unpaired) electrons. The molecule has 4 aromatic rings. The highest BCUT2D eigenvalue weighted by atomic mass is 16.5. The van der Waals surface area contributed by atoms with Gasteiger partial charge in [0.15, 0.2) is 5.78 Å². The van der Waals surface area contributed by atoms with E-state index in [4.69, 9.17) is 10.5 Å². The topological polar surface area (TPSA) is 99.2 Å². The van der Waals surface area contributed by atoms with Crippen LogP contribution in [0.25, 0.3) is 5.69 Å². The maximum atomic E-state index is 13.3. The molecule has 0 atom stereocenters. The Kier molecular flexibility index (Phi) is 6.06. The first-order chi connectivity index (χ1) is 17.0. The number of nitrogens with one attached hydrogen (secondary N) is 1. The van der Waals surface area contributed by atoms with E-state index in [0.717, 1.165) is 24.0 Å². The monoisotopic (exact) mass is 466 g/mol. The van der Waals surface area contributed by atoms with Gasteiger partial charge in [0, 0.05) is 17.2 Å². The van der Waals surface area contributed by atoms with E-state index in [-0.39, 0.29) is 29.1 Å². The third-order valence-electron chi connectivity index (χ3n) is 6.01. The molecule has 1 aliphatic rings. The molecule has 3 N–H and O–H groups in total. The van der Waals surface area contributed by atoms with Crippen molar-refractivity contribution < 1.29 is 14.3 Å². The van der Waals surface area contributed by atoms with E-state index in [2.05, 4.69) is 10.4 Å². The molecule has 0 bridgehead atoms. The lowest BCUT2D eigenvalue weighted by Crippen LogP contribution is -2.25. The molecule has 0 spiro atoms. The Morgan fingerprint density at radius 3 is 2.60 bits per heavy atom. The zero-order valence-electron chi connectivity index (χ0n) is 19.4. The summed E-state index contributed by atoms with van der Waals surface area (Å²) in [6.45, 7) is 2.32. The zero-order valence-corrected chi connectivity index (χ0v) is 19.4. The smallest absolute Gasteiger partial charge is 0.251 e. The van der Waals surface area contributed by atoms with Gasteiger partial charge in [-0.2, -0.15) is 5.10 Å². The van der Waals surface area contributed by atoms with Gasteiger partial charge >= 0.3 is 0 Å². The lowest BCUT2D eigenvalue weighted by molar-refractivity contribution is 0.0950. The number of nitrogen functional groups attached to an aromatic ring is 1. The van der Waals surface area contributed by atoms with Crippen LogP contribution in [0.3, 0.4) is 0 Å². The minimum atomic E-state index is -0.251. The summed E-state index contributed by atoms with van der Waals surface area (Å²) in [6.07, 6.45) is 3.49. The predicted molar refractivity (Wildman–Crippen MR) is 134 cm³/mol. The zero-order chi connectivity index (χ0) is 24.4. The SMILES string of the molecule is Cc1ccc(C(=O)NC2CC2)cc1-n1ncc(C(=O)c2cccc(OCc3ccccc3)c2)c1N. The van der Waals surface area contributed by atoms with E-state index in [1.807, 2.05) is 49.4 Å². The number of rotatable bonds is 8. The Morgan fingerprint density at radius 1 is 1.03 bits per heavy atom. The molecule has 7 heteroatoms. The maximum Gasteiger partial charge on any atom is 0.251 e. The van der Waals surface area contributed by atoms with Crippen LogP contribution in [-0.2, 0) is 6.61 Å². The van der Waals surface area contributed by atoms with Gasteiger partial charge in [0.2, 0.25) is 0 Å². The van der Waals surface area contributed by atoms with E-state index in [9.17, 15) is 9.59 Å². The molecule has 0 unspecified atom stereocenters. The van der Waals surface area contributed by atoms with E-state index >= 15 is 0 Å². The van der Waals surface area contributed by atoms with Gasteiger partial charge in [-0.15, -0.1) is 0 Å². The van der Waals surface area contributed by atoms with Crippen molar-refractivity contribution in [2.75, 3.05) is 5.73 Å². The fraction of sp³-hybridized carbons (Fsp3) is 0.179. The molecule has 3 aromatic carbocycles. The molecule has 0 saturated heterocycles. The van der Waals surface area contributed by atoms with Crippen LogP contribution in [0.1, 0.15) is 50.2 Å². The normalized spacial score (nSPS) is 12.8. The molecular formula is C28H26N4O3. The Balaban J connectivity index is 1.37. The van der Waals surface area contributed by atoms with Crippen LogP contribution in [-0.4, -0.2) is 27.5 Å². The predicted octanol–water partition coefficient (Wildman–Crippen LogP) is 4.47. The fourth-order valence-electron chi connectivity index (χ4n) is 3.82.